The average molecular weight is 336 g/mol. The molecule has 1 aliphatic heterocycles. The zero-order valence-corrected chi connectivity index (χ0v) is 15.9. The molecule has 0 saturated carbocycles. The van der Waals surface area contributed by atoms with Crippen LogP contribution in [0, 0.1) is 6.92 Å². The molecule has 0 atom stereocenters. The highest BCUT2D eigenvalue weighted by molar-refractivity contribution is 7.89. The minimum Gasteiger partial charge on any atom is -0.207 e. The van der Waals surface area contributed by atoms with Gasteiger partial charge in [-0.3, -0.25) is 0 Å². The Morgan fingerprint density at radius 1 is 1.09 bits per heavy atom. The molecule has 1 aliphatic rings. The van der Waals surface area contributed by atoms with E-state index in [1.807, 2.05) is 26.0 Å². The molecule has 22 heavy (non-hydrogen) atoms. The van der Waals surface area contributed by atoms with Crippen LogP contribution in [-0.4, -0.2) is 33.9 Å². The molecule has 0 N–H and O–H groups in total. The van der Waals surface area contributed by atoms with Crippen LogP contribution in [0.1, 0.15) is 12.5 Å². The first kappa shape index (κ1) is 17.2. The molecule has 5 heteroatoms. The number of sulfonamides is 1. The lowest BCUT2D eigenvalue weighted by atomic mass is 10.2. The fourth-order valence-corrected chi connectivity index (χ4v) is 5.20. The second kappa shape index (κ2) is 5.79. The number of rotatable bonds is 4. The van der Waals surface area contributed by atoms with Crippen molar-refractivity contribution in [3.05, 3.63) is 52.8 Å². The summed E-state index contributed by atoms with van der Waals surface area (Å²) in [6, 6.07) is 7.05. The molecule has 0 bridgehead atoms. The Balaban J connectivity index is 2.27. The molecule has 0 aromatic heterocycles. The molecule has 0 radical (unpaired) electrons. The van der Waals surface area contributed by atoms with Gasteiger partial charge in [0.1, 0.15) is 0 Å². The zero-order chi connectivity index (χ0) is 16.7. The molecule has 1 aromatic carbocycles. The molecule has 0 fully saturated rings. The molecule has 2 rings (SSSR count). The van der Waals surface area contributed by atoms with Crippen LogP contribution in [0.3, 0.4) is 0 Å². The molecule has 0 unspecified atom stereocenters. The van der Waals surface area contributed by atoms with Gasteiger partial charge in [-0.2, -0.15) is 4.31 Å². The van der Waals surface area contributed by atoms with Crippen molar-refractivity contribution in [3.8, 4) is 0 Å². The molecule has 1 aromatic rings. The van der Waals surface area contributed by atoms with E-state index in [2.05, 4.69) is 26.2 Å². The molecule has 3 nitrogen and oxygen atoms in total. The van der Waals surface area contributed by atoms with Crippen molar-refractivity contribution in [1.29, 1.82) is 0 Å². The third kappa shape index (κ3) is 3.26. The maximum Gasteiger partial charge on any atom is 0.243 e. The smallest absolute Gasteiger partial charge is 0.207 e. The molecular weight excluding hydrogens is 310 g/mol. The lowest BCUT2D eigenvalue weighted by Gasteiger charge is -2.22. The predicted octanol–water partition coefficient (Wildman–Crippen LogP) is 3.75. The van der Waals surface area contributed by atoms with Gasteiger partial charge in [0, 0.05) is 13.1 Å². The van der Waals surface area contributed by atoms with Crippen molar-refractivity contribution >= 4 is 18.1 Å². The SMILES string of the molecule is C=C(C1=C(C)CN(S(=O)(=O)c2ccc(C)cc2)C1)[Si](C)(C)C. The van der Waals surface area contributed by atoms with E-state index in [9.17, 15) is 8.42 Å². The number of benzene rings is 1. The Labute approximate surface area is 135 Å². The molecule has 120 valence electrons. The summed E-state index contributed by atoms with van der Waals surface area (Å²) in [5.74, 6) is 0. The van der Waals surface area contributed by atoms with E-state index in [1.54, 1.807) is 16.4 Å². The number of aryl methyl sites for hydroxylation is 1. The first-order valence-electron chi connectivity index (χ1n) is 7.48. The van der Waals surface area contributed by atoms with E-state index in [-0.39, 0.29) is 0 Å². The van der Waals surface area contributed by atoms with Crippen LogP contribution in [0.4, 0.5) is 0 Å². The minimum absolute atomic E-state index is 0.366. The van der Waals surface area contributed by atoms with Crippen LogP contribution in [0.15, 0.2) is 52.1 Å². The lowest BCUT2D eigenvalue weighted by Crippen LogP contribution is -2.31. The summed E-state index contributed by atoms with van der Waals surface area (Å²) in [5, 5.41) is 1.16. The van der Waals surface area contributed by atoms with Gasteiger partial charge >= 0.3 is 0 Å². The van der Waals surface area contributed by atoms with Gasteiger partial charge in [0.2, 0.25) is 10.0 Å². The first-order chi connectivity index (χ1) is 10.0. The lowest BCUT2D eigenvalue weighted by molar-refractivity contribution is 0.482. The summed E-state index contributed by atoms with van der Waals surface area (Å²) in [6.45, 7) is 15.9. The number of nitrogens with zero attached hydrogens (tertiary/aromatic N) is 1. The van der Waals surface area contributed by atoms with Gasteiger partial charge in [-0.05, 0) is 31.6 Å². The maximum absolute atomic E-state index is 12.8. The Bertz CT molecular complexity index is 725. The van der Waals surface area contributed by atoms with Gasteiger partial charge in [-0.15, -0.1) is 0 Å². The van der Waals surface area contributed by atoms with E-state index >= 15 is 0 Å². The van der Waals surface area contributed by atoms with Gasteiger partial charge in [0.15, 0.2) is 0 Å². The van der Waals surface area contributed by atoms with Crippen LogP contribution < -0.4 is 0 Å². The van der Waals surface area contributed by atoms with Gasteiger partial charge < -0.3 is 0 Å². The third-order valence-electron chi connectivity index (χ3n) is 4.19. The fourth-order valence-electron chi connectivity index (χ4n) is 2.56. The van der Waals surface area contributed by atoms with Gasteiger partial charge in [0.25, 0.3) is 0 Å². The van der Waals surface area contributed by atoms with E-state index in [4.69, 9.17) is 0 Å². The Hall–Kier alpha value is -1.17. The molecule has 0 spiro atoms. The summed E-state index contributed by atoms with van der Waals surface area (Å²) in [6.07, 6.45) is 0. The monoisotopic (exact) mass is 335 g/mol. The average Bonchev–Trinajstić information content (AvgIpc) is 2.80. The molecule has 0 aliphatic carbocycles. The van der Waals surface area contributed by atoms with Crippen molar-refractivity contribution in [2.24, 2.45) is 0 Å². The molecule has 0 saturated heterocycles. The Kier molecular flexibility index (Phi) is 4.53. The third-order valence-corrected chi connectivity index (χ3v) is 8.11. The Morgan fingerprint density at radius 2 is 1.64 bits per heavy atom. The predicted molar refractivity (Wildman–Crippen MR) is 95.1 cm³/mol. The van der Waals surface area contributed by atoms with Gasteiger partial charge in [-0.1, -0.05) is 54.7 Å². The van der Waals surface area contributed by atoms with Crippen molar-refractivity contribution in [3.63, 3.8) is 0 Å². The highest BCUT2D eigenvalue weighted by Gasteiger charge is 2.34. The standard InChI is InChI=1S/C17H25NO2SSi/c1-13-7-9-16(10-8-13)21(19,20)18-11-14(2)17(12-18)15(3)22(4,5)6/h7-10H,3,11-12H2,1-2,4-6H3. The summed E-state index contributed by atoms with van der Waals surface area (Å²) in [4.78, 5) is 0.366. The second-order valence-corrected chi connectivity index (χ2v) is 14.1. The first-order valence-corrected chi connectivity index (χ1v) is 12.4. The van der Waals surface area contributed by atoms with Crippen LogP contribution in [0.2, 0.25) is 19.6 Å². The Morgan fingerprint density at radius 3 is 2.14 bits per heavy atom. The number of hydrogen-bond donors (Lipinski definition) is 0. The summed E-state index contributed by atoms with van der Waals surface area (Å²) < 4.78 is 27.1. The molecule has 0 amide bonds. The highest BCUT2D eigenvalue weighted by Crippen LogP contribution is 2.31. The van der Waals surface area contributed by atoms with Gasteiger partial charge in [0.05, 0.1) is 13.0 Å². The van der Waals surface area contributed by atoms with Gasteiger partial charge in [-0.25, -0.2) is 8.42 Å². The van der Waals surface area contributed by atoms with E-state index in [1.165, 1.54) is 0 Å². The minimum atomic E-state index is -3.43. The number of hydrogen-bond acceptors (Lipinski definition) is 2. The topological polar surface area (TPSA) is 37.4 Å². The largest absolute Gasteiger partial charge is 0.243 e. The summed E-state index contributed by atoms with van der Waals surface area (Å²) in [5.41, 5.74) is 3.32. The molecular formula is C17H25NO2SSi. The normalized spacial score (nSPS) is 17.1. The highest BCUT2D eigenvalue weighted by atomic mass is 32.2. The molecule has 1 heterocycles. The van der Waals surface area contributed by atoms with Crippen molar-refractivity contribution in [1.82, 2.24) is 4.31 Å². The maximum atomic E-state index is 12.8. The van der Waals surface area contributed by atoms with Crippen LogP contribution >= 0.6 is 0 Å². The van der Waals surface area contributed by atoms with Crippen LogP contribution in [0.25, 0.3) is 0 Å². The second-order valence-electron chi connectivity index (χ2n) is 7.07. The summed E-state index contributed by atoms with van der Waals surface area (Å²) in [7, 11) is -4.95. The van der Waals surface area contributed by atoms with Crippen LogP contribution in [0.5, 0.6) is 0 Å². The zero-order valence-electron chi connectivity index (χ0n) is 14.1. The van der Waals surface area contributed by atoms with E-state index in [0.29, 0.717) is 18.0 Å². The van der Waals surface area contributed by atoms with Crippen molar-refractivity contribution in [2.75, 3.05) is 13.1 Å². The van der Waals surface area contributed by atoms with E-state index in [0.717, 1.165) is 21.9 Å². The van der Waals surface area contributed by atoms with E-state index < -0.39 is 18.1 Å². The van der Waals surface area contributed by atoms with Crippen LogP contribution in [-0.2, 0) is 10.0 Å². The van der Waals surface area contributed by atoms with Crippen molar-refractivity contribution in [2.45, 2.75) is 38.4 Å². The fraction of sp³-hybridized carbons (Fsp3) is 0.412. The quantitative estimate of drug-likeness (QED) is 0.786. The van der Waals surface area contributed by atoms with Crippen molar-refractivity contribution < 1.29 is 8.42 Å². The summed E-state index contributed by atoms with van der Waals surface area (Å²) >= 11 is 0.